The molecule has 31 heavy (non-hydrogen) atoms. The van der Waals surface area contributed by atoms with Crippen LogP contribution in [0.2, 0.25) is 0 Å². The van der Waals surface area contributed by atoms with Gasteiger partial charge in [0.1, 0.15) is 11.8 Å². The molecule has 0 unspecified atom stereocenters. The first-order valence-corrected chi connectivity index (χ1v) is 8.98. The molecule has 0 aliphatic carbocycles. The maximum absolute atomic E-state index is 13.0. The van der Waals surface area contributed by atoms with Crippen molar-refractivity contribution in [2.24, 2.45) is 0 Å². The molecule has 0 radical (unpaired) electrons. The lowest BCUT2D eigenvalue weighted by molar-refractivity contribution is -0.137. The van der Waals surface area contributed by atoms with Crippen molar-refractivity contribution in [3.8, 4) is 11.8 Å². The Labute approximate surface area is 174 Å². The Morgan fingerprint density at radius 1 is 1.19 bits per heavy atom. The zero-order valence-corrected chi connectivity index (χ0v) is 16.1. The molecule has 0 spiro atoms. The quantitative estimate of drug-likeness (QED) is 0.621. The number of alkyl halides is 3. The zero-order chi connectivity index (χ0) is 22.8. The van der Waals surface area contributed by atoms with E-state index in [0.717, 1.165) is 22.9 Å². The van der Waals surface area contributed by atoms with Gasteiger partial charge in [-0.15, -0.1) is 0 Å². The van der Waals surface area contributed by atoms with Crippen molar-refractivity contribution in [3.05, 3.63) is 87.3 Å². The van der Waals surface area contributed by atoms with E-state index in [4.69, 9.17) is 5.73 Å². The van der Waals surface area contributed by atoms with Crippen LogP contribution in [-0.2, 0) is 6.18 Å². The van der Waals surface area contributed by atoms with E-state index in [9.17, 15) is 28.0 Å². The third-order valence-corrected chi connectivity index (χ3v) is 4.44. The van der Waals surface area contributed by atoms with Crippen LogP contribution in [0, 0.1) is 11.3 Å². The van der Waals surface area contributed by atoms with Crippen LogP contribution in [0.5, 0.6) is 0 Å². The van der Waals surface area contributed by atoms with Gasteiger partial charge in [0.05, 0.1) is 22.9 Å². The van der Waals surface area contributed by atoms with Crippen LogP contribution in [0.3, 0.4) is 0 Å². The van der Waals surface area contributed by atoms with E-state index in [1.165, 1.54) is 31.2 Å². The molecule has 0 aliphatic heterocycles. The van der Waals surface area contributed by atoms with Gasteiger partial charge in [0.15, 0.2) is 0 Å². The highest BCUT2D eigenvalue weighted by Gasteiger charge is 2.31. The number of hydrogen-bond acceptors (Lipinski definition) is 5. The number of amides is 1. The highest BCUT2D eigenvalue weighted by atomic mass is 19.4. The number of nitrogens with one attached hydrogen (secondary N) is 1. The first-order valence-electron chi connectivity index (χ1n) is 8.98. The molecule has 0 saturated heterocycles. The van der Waals surface area contributed by atoms with E-state index in [1.54, 1.807) is 12.1 Å². The van der Waals surface area contributed by atoms with Gasteiger partial charge in [-0.25, -0.2) is 0 Å². The topological polar surface area (TPSA) is 114 Å². The van der Waals surface area contributed by atoms with Crippen LogP contribution >= 0.6 is 0 Å². The number of carbonyl (C=O) groups excluding carboxylic acids is 1. The van der Waals surface area contributed by atoms with Gasteiger partial charge in [-0.1, -0.05) is 12.1 Å². The van der Waals surface area contributed by atoms with Gasteiger partial charge in [0.25, 0.3) is 11.5 Å². The minimum atomic E-state index is -4.58. The van der Waals surface area contributed by atoms with E-state index < -0.39 is 29.2 Å². The SMILES string of the molecule is C[C@@H](NC(=O)c1ccc(=O)n(-c2ccccc2C#N)n1)c1cc(N)cc(C(F)(F)F)c1. The number of nitrogens with two attached hydrogens (primary N) is 1. The smallest absolute Gasteiger partial charge is 0.399 e. The number of rotatable bonds is 4. The van der Waals surface area contributed by atoms with Crippen molar-refractivity contribution in [1.29, 1.82) is 5.26 Å². The fraction of sp³-hybridized carbons (Fsp3) is 0.143. The van der Waals surface area contributed by atoms with E-state index in [-0.39, 0.29) is 28.2 Å². The third kappa shape index (κ3) is 4.72. The number of benzene rings is 2. The van der Waals surface area contributed by atoms with Gasteiger partial charge < -0.3 is 11.1 Å². The molecule has 0 saturated carbocycles. The predicted octanol–water partition coefficient (Wildman–Crippen LogP) is 3.20. The third-order valence-electron chi connectivity index (χ3n) is 4.44. The molecule has 10 heteroatoms. The average molecular weight is 427 g/mol. The molecule has 1 heterocycles. The number of nitrogens with zero attached hydrogens (tertiary/aromatic N) is 3. The summed E-state index contributed by atoms with van der Waals surface area (Å²) in [7, 11) is 0. The maximum atomic E-state index is 13.0. The molecule has 7 nitrogen and oxygen atoms in total. The molecule has 0 bridgehead atoms. The van der Waals surface area contributed by atoms with Crippen molar-refractivity contribution in [2.45, 2.75) is 19.1 Å². The summed E-state index contributed by atoms with van der Waals surface area (Å²) in [5, 5.41) is 15.8. The fourth-order valence-electron chi connectivity index (χ4n) is 2.90. The van der Waals surface area contributed by atoms with Crippen molar-refractivity contribution >= 4 is 11.6 Å². The summed E-state index contributed by atoms with van der Waals surface area (Å²) in [5.41, 5.74) is 4.38. The Balaban J connectivity index is 1.91. The normalized spacial score (nSPS) is 12.1. The summed E-state index contributed by atoms with van der Waals surface area (Å²) in [6.07, 6.45) is -4.58. The van der Waals surface area contributed by atoms with E-state index in [0.29, 0.717) is 0 Å². The molecular formula is C21H16F3N5O2. The molecule has 2 aromatic carbocycles. The second kappa shape index (κ2) is 8.31. The predicted molar refractivity (Wildman–Crippen MR) is 106 cm³/mol. The Hall–Kier alpha value is -4.13. The van der Waals surface area contributed by atoms with Crippen LogP contribution in [0.25, 0.3) is 5.69 Å². The summed E-state index contributed by atoms with van der Waals surface area (Å²) < 4.78 is 40.0. The largest absolute Gasteiger partial charge is 0.416 e. The molecule has 3 aromatic rings. The van der Waals surface area contributed by atoms with E-state index in [1.807, 2.05) is 6.07 Å². The van der Waals surface area contributed by atoms with Crippen molar-refractivity contribution < 1.29 is 18.0 Å². The highest BCUT2D eigenvalue weighted by Crippen LogP contribution is 2.32. The number of aromatic nitrogens is 2. The summed E-state index contributed by atoms with van der Waals surface area (Å²) in [6, 6.07) is 12.7. The summed E-state index contributed by atoms with van der Waals surface area (Å²) in [5.74, 6) is -0.716. The Bertz CT molecular complexity index is 1240. The molecule has 1 aromatic heterocycles. The van der Waals surface area contributed by atoms with Gasteiger partial charge in [-0.05, 0) is 48.9 Å². The fourth-order valence-corrected chi connectivity index (χ4v) is 2.90. The van der Waals surface area contributed by atoms with E-state index in [2.05, 4.69) is 10.4 Å². The molecule has 0 fully saturated rings. The van der Waals surface area contributed by atoms with Gasteiger partial charge in [-0.3, -0.25) is 9.59 Å². The lowest BCUT2D eigenvalue weighted by Crippen LogP contribution is -2.31. The Kier molecular flexibility index (Phi) is 5.79. The minimum Gasteiger partial charge on any atom is -0.399 e. The van der Waals surface area contributed by atoms with Gasteiger partial charge in [0.2, 0.25) is 0 Å². The molecule has 1 amide bonds. The molecular weight excluding hydrogens is 411 g/mol. The van der Waals surface area contributed by atoms with Gasteiger partial charge >= 0.3 is 6.18 Å². The standard InChI is InChI=1S/C21H16F3N5O2/c1-12(14-8-15(21(22,23)24)10-16(26)9-14)27-20(31)17-6-7-19(30)29(28-17)18-5-3-2-4-13(18)11-25/h2-10,12H,26H2,1H3,(H,27,31)/t12-/m1/s1. The second-order valence-corrected chi connectivity index (χ2v) is 6.68. The van der Waals surface area contributed by atoms with E-state index >= 15 is 0 Å². The number of carbonyl (C=O) groups is 1. The maximum Gasteiger partial charge on any atom is 0.416 e. The molecule has 158 valence electrons. The molecule has 3 rings (SSSR count). The molecule has 3 N–H and O–H groups in total. The van der Waals surface area contributed by atoms with Crippen LogP contribution in [0.15, 0.2) is 59.4 Å². The van der Waals surface area contributed by atoms with Gasteiger partial charge in [-0.2, -0.15) is 28.2 Å². The van der Waals surface area contributed by atoms with Crippen LogP contribution < -0.4 is 16.6 Å². The number of para-hydroxylation sites is 1. The number of nitrogen functional groups attached to an aromatic ring is 1. The number of halogens is 3. The molecule has 0 aliphatic rings. The first kappa shape index (κ1) is 21.6. The van der Waals surface area contributed by atoms with Crippen LogP contribution in [0.1, 0.15) is 40.1 Å². The number of hydrogen-bond donors (Lipinski definition) is 2. The number of anilines is 1. The second-order valence-electron chi connectivity index (χ2n) is 6.68. The lowest BCUT2D eigenvalue weighted by atomic mass is 10.0. The average Bonchev–Trinajstić information content (AvgIpc) is 2.73. The summed E-state index contributed by atoms with van der Waals surface area (Å²) >= 11 is 0. The van der Waals surface area contributed by atoms with Crippen molar-refractivity contribution in [3.63, 3.8) is 0 Å². The minimum absolute atomic E-state index is 0.0919. The van der Waals surface area contributed by atoms with Crippen LogP contribution in [-0.4, -0.2) is 15.7 Å². The van der Waals surface area contributed by atoms with Crippen molar-refractivity contribution in [2.75, 3.05) is 5.73 Å². The summed E-state index contributed by atoms with van der Waals surface area (Å²) in [6.45, 7) is 1.49. The Morgan fingerprint density at radius 2 is 1.90 bits per heavy atom. The zero-order valence-electron chi connectivity index (χ0n) is 16.1. The first-order chi connectivity index (χ1) is 14.6. The van der Waals surface area contributed by atoms with Crippen LogP contribution in [0.4, 0.5) is 18.9 Å². The lowest BCUT2D eigenvalue weighted by Gasteiger charge is -2.17. The highest BCUT2D eigenvalue weighted by molar-refractivity contribution is 5.92. The summed E-state index contributed by atoms with van der Waals surface area (Å²) in [4.78, 5) is 24.9. The van der Waals surface area contributed by atoms with Crippen molar-refractivity contribution in [1.82, 2.24) is 15.1 Å². The Morgan fingerprint density at radius 3 is 2.58 bits per heavy atom. The molecule has 1 atom stereocenters. The monoisotopic (exact) mass is 427 g/mol. The van der Waals surface area contributed by atoms with Gasteiger partial charge in [0, 0.05) is 11.8 Å². The number of nitriles is 1.